The Morgan fingerprint density at radius 3 is 2.07 bits per heavy atom. The Morgan fingerprint density at radius 2 is 1.50 bits per heavy atom. The van der Waals surface area contributed by atoms with Crippen LogP contribution < -0.4 is 9.47 Å². The van der Waals surface area contributed by atoms with Crippen LogP contribution in [0.5, 0.6) is 11.5 Å². The van der Waals surface area contributed by atoms with E-state index in [0.717, 1.165) is 39.2 Å². The number of rotatable bonds is 7. The Morgan fingerprint density at radius 1 is 0.929 bits per heavy atom. The number of aromatic amines is 1. The van der Waals surface area contributed by atoms with Gasteiger partial charge in [0.1, 0.15) is 11.5 Å². The fraction of sp³-hybridized carbons (Fsp3) is 0.286. The Balaban J connectivity index is 1.66. The average molecular weight is 398 g/mol. The number of ether oxygens (including phenoxy) is 4. The molecule has 1 saturated heterocycles. The molecule has 1 N–H and O–H groups in total. The molecule has 0 spiro atoms. The lowest BCUT2D eigenvalue weighted by molar-refractivity contribution is -0.0215. The summed E-state index contributed by atoms with van der Waals surface area (Å²) in [6, 6.07) is 15.8. The summed E-state index contributed by atoms with van der Waals surface area (Å²) in [5.74, 6) is 2.33. The van der Waals surface area contributed by atoms with Crippen molar-refractivity contribution in [1.82, 2.24) is 9.97 Å². The molecule has 2 heterocycles. The van der Waals surface area contributed by atoms with E-state index in [1.807, 2.05) is 48.5 Å². The highest BCUT2D eigenvalue weighted by Gasteiger charge is 2.19. The van der Waals surface area contributed by atoms with Gasteiger partial charge in [-0.15, -0.1) is 0 Å². The summed E-state index contributed by atoms with van der Waals surface area (Å²) in [6.07, 6.45) is -0.177. The van der Waals surface area contributed by atoms with Gasteiger partial charge in [0, 0.05) is 11.1 Å². The molecule has 1 fully saturated rings. The van der Waals surface area contributed by atoms with Crippen molar-refractivity contribution in [3.05, 3.63) is 48.5 Å². The van der Waals surface area contributed by atoms with Gasteiger partial charge in [-0.3, -0.25) is 0 Å². The van der Waals surface area contributed by atoms with Crippen LogP contribution in [0.2, 0.25) is 0 Å². The molecule has 0 bridgehead atoms. The number of hydrogen-bond acceptors (Lipinski definition) is 6. The van der Waals surface area contributed by atoms with Crippen molar-refractivity contribution in [1.29, 1.82) is 0 Å². The number of nitrogens with one attached hydrogen (secondary N) is 1. The summed E-state index contributed by atoms with van der Waals surface area (Å²) in [5, 5.41) is 0.829. The number of H-pyrrole nitrogens is 1. The molecule has 1 aliphatic heterocycles. The van der Waals surface area contributed by atoms with Crippen LogP contribution in [0, 0.1) is 0 Å². The van der Waals surface area contributed by atoms with Gasteiger partial charge in [-0.05, 0) is 48.5 Å². The maximum Gasteiger partial charge on any atom is 0.167 e. The number of nitrogens with zero attached hydrogens (tertiary/aromatic N) is 1. The summed E-state index contributed by atoms with van der Waals surface area (Å²) in [6.45, 7) is 1.30. The van der Waals surface area contributed by atoms with Crippen LogP contribution >= 0.6 is 11.8 Å². The van der Waals surface area contributed by atoms with Gasteiger partial charge in [0.2, 0.25) is 0 Å². The first-order chi connectivity index (χ1) is 13.8. The van der Waals surface area contributed by atoms with Gasteiger partial charge >= 0.3 is 0 Å². The van der Waals surface area contributed by atoms with Crippen molar-refractivity contribution in [3.8, 4) is 34.0 Å². The molecule has 0 saturated carbocycles. The van der Waals surface area contributed by atoms with E-state index >= 15 is 0 Å². The lowest BCUT2D eigenvalue weighted by Crippen LogP contribution is -2.10. The van der Waals surface area contributed by atoms with E-state index in [2.05, 4.69) is 4.98 Å². The van der Waals surface area contributed by atoms with Crippen LogP contribution in [0.1, 0.15) is 0 Å². The first-order valence-electron chi connectivity index (χ1n) is 9.01. The van der Waals surface area contributed by atoms with E-state index in [1.165, 1.54) is 0 Å². The Bertz CT molecular complexity index is 838. The second-order valence-electron chi connectivity index (χ2n) is 6.20. The Hall–Kier alpha value is -2.48. The third kappa shape index (κ3) is 4.16. The number of methoxy groups -OCH3 is 2. The number of aromatic nitrogens is 2. The van der Waals surface area contributed by atoms with Crippen LogP contribution in [-0.2, 0) is 9.47 Å². The maximum atomic E-state index is 5.52. The summed E-state index contributed by atoms with van der Waals surface area (Å²) in [5.41, 5.74) is 3.91. The predicted octanol–water partition coefficient (Wildman–Crippen LogP) is 4.23. The van der Waals surface area contributed by atoms with Gasteiger partial charge in [0.25, 0.3) is 0 Å². The molecule has 0 radical (unpaired) electrons. The molecule has 0 amide bonds. The van der Waals surface area contributed by atoms with Crippen LogP contribution in [0.15, 0.2) is 53.7 Å². The van der Waals surface area contributed by atoms with Crippen molar-refractivity contribution in [2.75, 3.05) is 33.2 Å². The molecule has 1 aromatic heterocycles. The third-order valence-electron chi connectivity index (χ3n) is 4.47. The molecule has 7 heteroatoms. The quantitative estimate of drug-likeness (QED) is 0.601. The molecule has 0 atom stereocenters. The van der Waals surface area contributed by atoms with E-state index in [1.54, 1.807) is 26.0 Å². The summed E-state index contributed by atoms with van der Waals surface area (Å²) in [7, 11) is 3.32. The SMILES string of the molecule is COc1ccc(-c2nc(SCC3OCCO3)[nH]c2-c2ccc(OC)cc2)cc1. The molecule has 2 aromatic carbocycles. The number of thioether (sulfide) groups is 1. The molecule has 0 aliphatic carbocycles. The van der Waals surface area contributed by atoms with Crippen molar-refractivity contribution in [3.63, 3.8) is 0 Å². The zero-order valence-corrected chi connectivity index (χ0v) is 16.6. The fourth-order valence-corrected chi connectivity index (χ4v) is 3.81. The lowest BCUT2D eigenvalue weighted by atomic mass is 10.0. The minimum absolute atomic E-state index is 0.177. The minimum atomic E-state index is -0.177. The monoisotopic (exact) mass is 398 g/mol. The lowest BCUT2D eigenvalue weighted by Gasteiger charge is -2.06. The van der Waals surface area contributed by atoms with E-state index < -0.39 is 0 Å². The van der Waals surface area contributed by atoms with E-state index in [-0.39, 0.29) is 6.29 Å². The van der Waals surface area contributed by atoms with E-state index in [9.17, 15) is 0 Å². The number of benzene rings is 2. The molecule has 146 valence electrons. The fourth-order valence-electron chi connectivity index (χ4n) is 2.99. The first kappa shape index (κ1) is 18.9. The van der Waals surface area contributed by atoms with Crippen molar-refractivity contribution < 1.29 is 18.9 Å². The molecular formula is C21H22N2O4S. The van der Waals surface area contributed by atoms with Gasteiger partial charge in [-0.2, -0.15) is 0 Å². The number of hydrogen-bond donors (Lipinski definition) is 1. The van der Waals surface area contributed by atoms with Gasteiger partial charge in [0.15, 0.2) is 11.4 Å². The average Bonchev–Trinajstić information content (AvgIpc) is 3.42. The molecule has 4 rings (SSSR count). The summed E-state index contributed by atoms with van der Waals surface area (Å²) >= 11 is 1.59. The van der Waals surface area contributed by atoms with Gasteiger partial charge < -0.3 is 23.9 Å². The molecule has 3 aromatic rings. The molecule has 28 heavy (non-hydrogen) atoms. The highest BCUT2D eigenvalue weighted by atomic mass is 32.2. The molecule has 6 nitrogen and oxygen atoms in total. The van der Waals surface area contributed by atoms with Crippen LogP contribution in [0.3, 0.4) is 0 Å². The predicted molar refractivity (Wildman–Crippen MR) is 109 cm³/mol. The molecule has 1 aliphatic rings. The zero-order chi connectivity index (χ0) is 19.3. The molecule has 0 unspecified atom stereocenters. The Kier molecular flexibility index (Phi) is 5.85. The van der Waals surface area contributed by atoms with Crippen molar-refractivity contribution in [2.24, 2.45) is 0 Å². The van der Waals surface area contributed by atoms with Gasteiger partial charge in [-0.25, -0.2) is 4.98 Å². The largest absolute Gasteiger partial charge is 0.497 e. The highest BCUT2D eigenvalue weighted by Crippen LogP contribution is 2.34. The topological polar surface area (TPSA) is 65.6 Å². The third-order valence-corrected chi connectivity index (χ3v) is 5.38. The second-order valence-corrected chi connectivity index (χ2v) is 7.21. The zero-order valence-electron chi connectivity index (χ0n) is 15.8. The van der Waals surface area contributed by atoms with Crippen LogP contribution in [0.4, 0.5) is 0 Å². The normalized spacial score (nSPS) is 14.4. The summed E-state index contributed by atoms with van der Waals surface area (Å²) < 4.78 is 21.6. The molecular weight excluding hydrogens is 376 g/mol. The van der Waals surface area contributed by atoms with Gasteiger partial charge in [-0.1, -0.05) is 11.8 Å². The van der Waals surface area contributed by atoms with Crippen molar-refractivity contribution in [2.45, 2.75) is 11.4 Å². The number of imidazole rings is 1. The van der Waals surface area contributed by atoms with E-state index in [4.69, 9.17) is 23.9 Å². The van der Waals surface area contributed by atoms with Crippen LogP contribution in [-0.4, -0.2) is 49.4 Å². The van der Waals surface area contributed by atoms with Gasteiger partial charge in [0.05, 0.1) is 44.6 Å². The van der Waals surface area contributed by atoms with E-state index in [0.29, 0.717) is 19.0 Å². The van der Waals surface area contributed by atoms with Crippen LogP contribution in [0.25, 0.3) is 22.5 Å². The Labute approximate surface area is 168 Å². The highest BCUT2D eigenvalue weighted by molar-refractivity contribution is 7.99. The first-order valence-corrected chi connectivity index (χ1v) is 10.0. The second kappa shape index (κ2) is 8.68. The minimum Gasteiger partial charge on any atom is -0.497 e. The smallest absolute Gasteiger partial charge is 0.167 e. The standard InChI is InChI=1S/C21H22N2O4S/c1-24-16-7-3-14(4-8-16)19-20(15-5-9-17(25-2)10-6-15)23-21(22-19)28-13-18-26-11-12-27-18/h3-10,18H,11-13H2,1-2H3,(H,22,23). The maximum absolute atomic E-state index is 5.52. The van der Waals surface area contributed by atoms with Crippen molar-refractivity contribution >= 4 is 11.8 Å². The summed E-state index contributed by atoms with van der Waals surface area (Å²) in [4.78, 5) is 8.30.